The van der Waals surface area contributed by atoms with E-state index >= 15 is 0 Å². The van der Waals surface area contributed by atoms with E-state index in [-0.39, 0.29) is 23.8 Å². The van der Waals surface area contributed by atoms with Crippen molar-refractivity contribution in [1.82, 2.24) is 5.32 Å². The van der Waals surface area contributed by atoms with Crippen molar-refractivity contribution < 1.29 is 9.59 Å². The first-order valence-corrected chi connectivity index (χ1v) is 7.23. The van der Waals surface area contributed by atoms with Crippen LogP contribution in [0.5, 0.6) is 0 Å². The number of ketones is 1. The van der Waals surface area contributed by atoms with Gasteiger partial charge in [-0.05, 0) is 25.2 Å². The quantitative estimate of drug-likeness (QED) is 0.819. The van der Waals surface area contributed by atoms with Crippen molar-refractivity contribution in [3.05, 3.63) is 0 Å². The van der Waals surface area contributed by atoms with E-state index in [0.29, 0.717) is 18.1 Å². The highest BCUT2D eigenvalue weighted by molar-refractivity contribution is 5.83. The fraction of sp³-hybridized carbons (Fsp3) is 0.867. The van der Waals surface area contributed by atoms with Crippen LogP contribution >= 0.6 is 0 Å². The topological polar surface area (TPSA) is 46.2 Å². The van der Waals surface area contributed by atoms with E-state index < -0.39 is 0 Å². The summed E-state index contributed by atoms with van der Waals surface area (Å²) in [7, 11) is 0. The van der Waals surface area contributed by atoms with Crippen LogP contribution in [0.1, 0.15) is 59.8 Å². The fourth-order valence-corrected chi connectivity index (χ4v) is 2.71. The molecule has 1 N–H and O–H groups in total. The molecule has 0 aliphatic heterocycles. The minimum atomic E-state index is 0.111. The zero-order valence-electron chi connectivity index (χ0n) is 12.2. The highest BCUT2D eigenvalue weighted by atomic mass is 16.1. The number of carbonyl (C=O) groups is 2. The van der Waals surface area contributed by atoms with Crippen molar-refractivity contribution in [2.75, 3.05) is 0 Å². The lowest BCUT2D eigenvalue weighted by molar-refractivity contribution is -0.128. The SMILES string of the molecule is CC(C)CC(=O)NC1CCCC(C(=O)C(C)C)C1. The molecule has 0 saturated heterocycles. The highest BCUT2D eigenvalue weighted by Crippen LogP contribution is 2.27. The molecule has 0 bridgehead atoms. The van der Waals surface area contributed by atoms with Crippen LogP contribution in [0.4, 0.5) is 0 Å². The van der Waals surface area contributed by atoms with Crippen LogP contribution in [0.25, 0.3) is 0 Å². The molecule has 0 spiro atoms. The van der Waals surface area contributed by atoms with Gasteiger partial charge in [0.05, 0.1) is 0 Å². The zero-order valence-corrected chi connectivity index (χ0v) is 12.2. The number of amides is 1. The molecule has 0 aromatic rings. The van der Waals surface area contributed by atoms with Gasteiger partial charge < -0.3 is 5.32 Å². The van der Waals surface area contributed by atoms with Crippen LogP contribution in [-0.2, 0) is 9.59 Å². The summed E-state index contributed by atoms with van der Waals surface area (Å²) in [5.74, 6) is 1.15. The van der Waals surface area contributed by atoms with Gasteiger partial charge >= 0.3 is 0 Å². The predicted octanol–water partition coefficient (Wildman–Crippen LogP) is 2.93. The molecule has 2 atom stereocenters. The Morgan fingerprint density at radius 3 is 2.39 bits per heavy atom. The van der Waals surface area contributed by atoms with E-state index in [9.17, 15) is 9.59 Å². The molecule has 0 radical (unpaired) electrons. The molecular formula is C15H27NO2. The number of nitrogens with one attached hydrogen (secondary N) is 1. The predicted molar refractivity (Wildman–Crippen MR) is 73.2 cm³/mol. The van der Waals surface area contributed by atoms with Crippen LogP contribution in [0.3, 0.4) is 0 Å². The van der Waals surface area contributed by atoms with Gasteiger partial charge in [0.2, 0.25) is 5.91 Å². The van der Waals surface area contributed by atoms with E-state index in [4.69, 9.17) is 0 Å². The summed E-state index contributed by atoms with van der Waals surface area (Å²) in [5, 5.41) is 3.08. The van der Waals surface area contributed by atoms with Gasteiger partial charge in [0.15, 0.2) is 0 Å². The van der Waals surface area contributed by atoms with E-state index in [1.165, 1.54) is 0 Å². The van der Waals surface area contributed by atoms with E-state index in [1.807, 2.05) is 27.7 Å². The molecule has 1 aliphatic rings. The van der Waals surface area contributed by atoms with Gasteiger partial charge in [0.1, 0.15) is 5.78 Å². The summed E-state index contributed by atoms with van der Waals surface area (Å²) < 4.78 is 0. The molecule has 0 aromatic heterocycles. The summed E-state index contributed by atoms with van der Waals surface area (Å²) in [6, 6.07) is 0.206. The van der Waals surface area contributed by atoms with Crippen LogP contribution in [0.2, 0.25) is 0 Å². The Morgan fingerprint density at radius 2 is 1.83 bits per heavy atom. The second-order valence-corrected chi connectivity index (χ2v) is 6.28. The Morgan fingerprint density at radius 1 is 1.17 bits per heavy atom. The second-order valence-electron chi connectivity index (χ2n) is 6.28. The number of Topliss-reactive ketones (excluding diaryl/α,β-unsaturated/α-hetero) is 1. The molecule has 0 heterocycles. The summed E-state index contributed by atoms with van der Waals surface area (Å²) in [6.45, 7) is 8.02. The smallest absolute Gasteiger partial charge is 0.220 e. The van der Waals surface area contributed by atoms with Crippen molar-refractivity contribution in [1.29, 1.82) is 0 Å². The number of carbonyl (C=O) groups excluding carboxylic acids is 2. The van der Waals surface area contributed by atoms with Gasteiger partial charge in [-0.15, -0.1) is 0 Å². The highest BCUT2D eigenvalue weighted by Gasteiger charge is 2.29. The van der Waals surface area contributed by atoms with Crippen molar-refractivity contribution in [2.24, 2.45) is 17.8 Å². The Bertz CT molecular complexity index is 297. The molecule has 1 aliphatic carbocycles. The molecule has 1 saturated carbocycles. The normalized spacial score (nSPS) is 24.3. The van der Waals surface area contributed by atoms with Gasteiger partial charge in [0.25, 0.3) is 0 Å². The van der Waals surface area contributed by atoms with Crippen molar-refractivity contribution >= 4 is 11.7 Å². The Kier molecular flexibility index (Phi) is 5.83. The van der Waals surface area contributed by atoms with Gasteiger partial charge in [-0.25, -0.2) is 0 Å². The lowest BCUT2D eigenvalue weighted by atomic mass is 9.80. The standard InChI is InChI=1S/C15H27NO2/c1-10(2)8-14(17)16-13-7-5-6-12(9-13)15(18)11(3)4/h10-13H,5-9H2,1-4H3,(H,16,17). The van der Waals surface area contributed by atoms with Crippen molar-refractivity contribution in [3.8, 4) is 0 Å². The lowest BCUT2D eigenvalue weighted by Crippen LogP contribution is -2.40. The summed E-state index contributed by atoms with van der Waals surface area (Å²) in [5.41, 5.74) is 0. The molecule has 0 aromatic carbocycles. The molecule has 1 amide bonds. The van der Waals surface area contributed by atoms with Gasteiger partial charge in [-0.1, -0.05) is 34.1 Å². The maximum atomic E-state index is 12.0. The maximum absolute atomic E-state index is 12.0. The van der Waals surface area contributed by atoms with E-state index in [0.717, 1.165) is 25.7 Å². The van der Waals surface area contributed by atoms with Crippen LogP contribution in [0, 0.1) is 17.8 Å². The first-order chi connectivity index (χ1) is 8.40. The number of rotatable bonds is 5. The minimum absolute atomic E-state index is 0.111. The summed E-state index contributed by atoms with van der Waals surface area (Å²) in [4.78, 5) is 23.7. The molecule has 104 valence electrons. The molecule has 1 fully saturated rings. The molecule has 2 unspecified atom stereocenters. The summed E-state index contributed by atoms with van der Waals surface area (Å²) in [6.07, 6.45) is 4.48. The van der Waals surface area contributed by atoms with Gasteiger partial charge in [-0.3, -0.25) is 9.59 Å². The fourth-order valence-electron chi connectivity index (χ4n) is 2.71. The lowest BCUT2D eigenvalue weighted by Gasteiger charge is -2.30. The van der Waals surface area contributed by atoms with Crippen molar-refractivity contribution in [3.63, 3.8) is 0 Å². The third-order valence-corrected chi connectivity index (χ3v) is 3.60. The second kappa shape index (κ2) is 6.91. The van der Waals surface area contributed by atoms with Crippen LogP contribution < -0.4 is 5.32 Å². The van der Waals surface area contributed by atoms with Crippen molar-refractivity contribution in [2.45, 2.75) is 65.8 Å². The van der Waals surface area contributed by atoms with Crippen LogP contribution in [0.15, 0.2) is 0 Å². The molecule has 3 heteroatoms. The first kappa shape index (κ1) is 15.2. The Balaban J connectivity index is 2.44. The third kappa shape index (κ3) is 4.79. The van der Waals surface area contributed by atoms with Gasteiger partial charge in [-0.2, -0.15) is 0 Å². The first-order valence-electron chi connectivity index (χ1n) is 7.23. The van der Waals surface area contributed by atoms with E-state index in [2.05, 4.69) is 5.32 Å². The number of hydrogen-bond acceptors (Lipinski definition) is 2. The molecule has 18 heavy (non-hydrogen) atoms. The average molecular weight is 253 g/mol. The monoisotopic (exact) mass is 253 g/mol. The van der Waals surface area contributed by atoms with E-state index in [1.54, 1.807) is 0 Å². The maximum Gasteiger partial charge on any atom is 0.220 e. The Hall–Kier alpha value is -0.860. The third-order valence-electron chi connectivity index (χ3n) is 3.60. The van der Waals surface area contributed by atoms with Crippen LogP contribution in [-0.4, -0.2) is 17.7 Å². The molecular weight excluding hydrogens is 226 g/mol. The number of hydrogen-bond donors (Lipinski definition) is 1. The molecule has 3 nitrogen and oxygen atoms in total. The molecule has 1 rings (SSSR count). The Labute approximate surface area is 111 Å². The van der Waals surface area contributed by atoms with Gasteiger partial charge in [0, 0.05) is 24.3 Å². The average Bonchev–Trinajstić information content (AvgIpc) is 2.26. The summed E-state index contributed by atoms with van der Waals surface area (Å²) >= 11 is 0. The zero-order chi connectivity index (χ0) is 13.7. The largest absolute Gasteiger partial charge is 0.353 e. The minimum Gasteiger partial charge on any atom is -0.353 e.